The predicted octanol–water partition coefficient (Wildman–Crippen LogP) is 1.34. The largest absolute Gasteiger partial charge is 0.497 e. The minimum atomic E-state index is -0.345. The Hall–Kier alpha value is -2.08. The summed E-state index contributed by atoms with van der Waals surface area (Å²) in [4.78, 5) is 25.3. The fraction of sp³-hybridized carbons (Fsp3) is 0.500. The van der Waals surface area contributed by atoms with Crippen LogP contribution in [0.3, 0.4) is 0 Å². The first-order valence-corrected chi connectivity index (χ1v) is 7.43. The molecule has 0 bridgehead atoms. The summed E-state index contributed by atoms with van der Waals surface area (Å²) < 4.78 is 10.5. The molecule has 6 nitrogen and oxygen atoms in total. The summed E-state index contributed by atoms with van der Waals surface area (Å²) >= 11 is 0. The van der Waals surface area contributed by atoms with Gasteiger partial charge in [-0.05, 0) is 25.0 Å². The van der Waals surface area contributed by atoms with Crippen LogP contribution in [0, 0.1) is 0 Å². The molecular weight excluding hydrogens is 284 g/mol. The maximum atomic E-state index is 11.9. The van der Waals surface area contributed by atoms with Crippen LogP contribution in [0.25, 0.3) is 0 Å². The van der Waals surface area contributed by atoms with Gasteiger partial charge in [0.1, 0.15) is 11.9 Å². The molecule has 22 heavy (non-hydrogen) atoms. The topological polar surface area (TPSA) is 67.9 Å². The van der Waals surface area contributed by atoms with Crippen molar-refractivity contribution >= 4 is 17.5 Å². The van der Waals surface area contributed by atoms with Gasteiger partial charge in [0.25, 0.3) is 0 Å². The highest BCUT2D eigenvalue weighted by atomic mass is 16.5. The number of hydrogen-bond donors (Lipinski definition) is 1. The first-order valence-electron chi connectivity index (χ1n) is 7.43. The van der Waals surface area contributed by atoms with Crippen LogP contribution in [0.1, 0.15) is 19.8 Å². The third kappa shape index (κ3) is 4.21. The van der Waals surface area contributed by atoms with Crippen LogP contribution in [0.2, 0.25) is 0 Å². The van der Waals surface area contributed by atoms with E-state index in [0.717, 1.165) is 18.5 Å². The Bertz CT molecular complexity index is 527. The molecule has 1 fully saturated rings. The molecule has 120 valence electrons. The van der Waals surface area contributed by atoms with Crippen LogP contribution < -0.4 is 15.0 Å². The fourth-order valence-electron chi connectivity index (χ4n) is 2.44. The average molecular weight is 306 g/mol. The highest BCUT2D eigenvalue weighted by Gasteiger charge is 2.23. The summed E-state index contributed by atoms with van der Waals surface area (Å²) in [5.41, 5.74) is 0.748. The van der Waals surface area contributed by atoms with Gasteiger partial charge < -0.3 is 19.7 Å². The van der Waals surface area contributed by atoms with Crippen molar-refractivity contribution in [3.63, 3.8) is 0 Å². The smallest absolute Gasteiger partial charge is 0.249 e. The molecule has 1 aliphatic heterocycles. The van der Waals surface area contributed by atoms with Gasteiger partial charge in [-0.15, -0.1) is 0 Å². The average Bonchev–Trinajstić information content (AvgIpc) is 3.05. The molecule has 0 saturated carbocycles. The predicted molar refractivity (Wildman–Crippen MR) is 83.0 cm³/mol. The van der Waals surface area contributed by atoms with Gasteiger partial charge in [0.15, 0.2) is 0 Å². The first-order chi connectivity index (χ1) is 10.6. The van der Waals surface area contributed by atoms with Gasteiger partial charge in [-0.1, -0.05) is 6.07 Å². The van der Waals surface area contributed by atoms with Gasteiger partial charge in [-0.3, -0.25) is 9.59 Å². The van der Waals surface area contributed by atoms with Gasteiger partial charge in [-0.2, -0.15) is 0 Å². The summed E-state index contributed by atoms with van der Waals surface area (Å²) in [5, 5.41) is 2.82. The highest BCUT2D eigenvalue weighted by Crippen LogP contribution is 2.20. The minimum absolute atomic E-state index is 0.0837. The van der Waals surface area contributed by atoms with E-state index in [-0.39, 0.29) is 17.9 Å². The Morgan fingerprint density at radius 3 is 2.91 bits per heavy atom. The third-order valence-corrected chi connectivity index (χ3v) is 3.60. The standard InChI is InChI=1S/C16H22N2O4/c1-12(19)18(13-5-3-6-14(11-13)21-2)9-8-17-16(20)15-7-4-10-22-15/h3,5-6,11,15H,4,7-10H2,1-2H3,(H,17,20). The van der Waals surface area contributed by atoms with E-state index in [9.17, 15) is 9.59 Å². The third-order valence-electron chi connectivity index (χ3n) is 3.60. The lowest BCUT2D eigenvalue weighted by Gasteiger charge is -2.22. The number of nitrogens with one attached hydrogen (secondary N) is 1. The summed E-state index contributed by atoms with van der Waals surface area (Å²) in [6.45, 7) is 2.93. The molecule has 6 heteroatoms. The number of carbonyl (C=O) groups excluding carboxylic acids is 2. The van der Waals surface area contributed by atoms with Crippen molar-refractivity contribution in [3.8, 4) is 5.75 Å². The van der Waals surface area contributed by atoms with E-state index in [2.05, 4.69) is 5.32 Å². The highest BCUT2D eigenvalue weighted by molar-refractivity contribution is 5.91. The van der Waals surface area contributed by atoms with Crippen LogP contribution in [-0.4, -0.2) is 44.7 Å². The van der Waals surface area contributed by atoms with Gasteiger partial charge in [0.2, 0.25) is 11.8 Å². The van der Waals surface area contributed by atoms with Crippen molar-refractivity contribution in [2.24, 2.45) is 0 Å². The summed E-state index contributed by atoms with van der Waals surface area (Å²) in [6, 6.07) is 7.28. The summed E-state index contributed by atoms with van der Waals surface area (Å²) in [7, 11) is 1.58. The van der Waals surface area contributed by atoms with E-state index in [4.69, 9.17) is 9.47 Å². The zero-order chi connectivity index (χ0) is 15.9. The molecule has 1 saturated heterocycles. The summed E-state index contributed by atoms with van der Waals surface area (Å²) in [5.74, 6) is 0.499. The van der Waals surface area contributed by atoms with Crippen molar-refractivity contribution in [1.29, 1.82) is 0 Å². The van der Waals surface area contributed by atoms with E-state index >= 15 is 0 Å². The minimum Gasteiger partial charge on any atom is -0.497 e. The van der Waals surface area contributed by atoms with Crippen molar-refractivity contribution in [1.82, 2.24) is 5.32 Å². The first kappa shape index (κ1) is 16.3. The van der Waals surface area contributed by atoms with E-state index in [0.29, 0.717) is 25.4 Å². The quantitative estimate of drug-likeness (QED) is 0.861. The fourth-order valence-corrected chi connectivity index (χ4v) is 2.44. The number of methoxy groups -OCH3 is 1. The van der Waals surface area contributed by atoms with Crippen molar-refractivity contribution < 1.29 is 19.1 Å². The molecule has 1 aromatic carbocycles. The number of rotatable bonds is 6. The Morgan fingerprint density at radius 1 is 1.45 bits per heavy atom. The number of hydrogen-bond acceptors (Lipinski definition) is 4. The second kappa shape index (κ2) is 7.79. The number of amides is 2. The molecule has 1 atom stereocenters. The second-order valence-corrected chi connectivity index (χ2v) is 5.16. The molecule has 1 N–H and O–H groups in total. The molecule has 1 unspecified atom stereocenters. The lowest BCUT2D eigenvalue weighted by Crippen LogP contribution is -2.41. The molecule has 0 spiro atoms. The second-order valence-electron chi connectivity index (χ2n) is 5.16. The lowest BCUT2D eigenvalue weighted by atomic mass is 10.2. The van der Waals surface area contributed by atoms with Gasteiger partial charge in [0.05, 0.1) is 7.11 Å². The van der Waals surface area contributed by atoms with Crippen LogP contribution in [0.15, 0.2) is 24.3 Å². The Balaban J connectivity index is 1.91. The lowest BCUT2D eigenvalue weighted by molar-refractivity contribution is -0.130. The van der Waals surface area contributed by atoms with Crippen LogP contribution >= 0.6 is 0 Å². The monoisotopic (exact) mass is 306 g/mol. The molecule has 0 aromatic heterocycles. The molecule has 1 aliphatic rings. The molecule has 0 radical (unpaired) electrons. The number of anilines is 1. The van der Waals surface area contributed by atoms with Crippen LogP contribution in [0.4, 0.5) is 5.69 Å². The van der Waals surface area contributed by atoms with Gasteiger partial charge >= 0.3 is 0 Å². The zero-order valence-electron chi connectivity index (χ0n) is 13.0. The molecule has 2 amide bonds. The number of nitrogens with zero attached hydrogens (tertiary/aromatic N) is 1. The van der Waals surface area contributed by atoms with Gasteiger partial charge in [-0.25, -0.2) is 0 Å². The van der Waals surface area contributed by atoms with E-state index in [1.54, 1.807) is 18.1 Å². The molecule has 0 aliphatic carbocycles. The zero-order valence-corrected chi connectivity index (χ0v) is 13.0. The SMILES string of the molecule is COc1cccc(N(CCNC(=O)C2CCCO2)C(C)=O)c1. The number of carbonyl (C=O) groups is 2. The van der Waals surface area contributed by atoms with Gasteiger partial charge in [0, 0.05) is 38.4 Å². The Morgan fingerprint density at radius 2 is 2.27 bits per heavy atom. The van der Waals surface area contributed by atoms with E-state index in [1.165, 1.54) is 6.92 Å². The van der Waals surface area contributed by atoms with E-state index < -0.39 is 0 Å². The molecule has 1 aromatic rings. The van der Waals surface area contributed by atoms with E-state index in [1.807, 2.05) is 18.2 Å². The van der Waals surface area contributed by atoms with Crippen LogP contribution in [0.5, 0.6) is 5.75 Å². The van der Waals surface area contributed by atoms with Crippen molar-refractivity contribution in [2.45, 2.75) is 25.9 Å². The number of ether oxygens (including phenoxy) is 2. The maximum absolute atomic E-state index is 11.9. The van der Waals surface area contributed by atoms with Crippen molar-refractivity contribution in [3.05, 3.63) is 24.3 Å². The van der Waals surface area contributed by atoms with Crippen LogP contribution in [-0.2, 0) is 14.3 Å². The summed E-state index contributed by atoms with van der Waals surface area (Å²) in [6.07, 6.45) is 1.34. The normalized spacial score (nSPS) is 17.1. The Kier molecular flexibility index (Phi) is 5.77. The van der Waals surface area contributed by atoms with Crippen molar-refractivity contribution in [2.75, 3.05) is 31.7 Å². The maximum Gasteiger partial charge on any atom is 0.249 e. The molecule has 1 heterocycles. The molecule has 2 rings (SSSR count). The molecular formula is C16H22N2O4. The Labute approximate surface area is 130 Å². The number of benzene rings is 1.